The molecule has 1 aromatic rings. The minimum atomic E-state index is -0.318. The Hall–Kier alpha value is -0.540. The van der Waals surface area contributed by atoms with Crippen LogP contribution in [-0.2, 0) is 10.7 Å². The molecule has 1 rings (SSSR count). The summed E-state index contributed by atoms with van der Waals surface area (Å²) >= 11 is 9.14. The molecule has 0 amide bonds. The quantitative estimate of drug-likeness (QED) is 0.794. The van der Waals surface area contributed by atoms with E-state index in [1.165, 1.54) is 6.92 Å². The largest absolute Gasteiger partial charge is 0.497 e. The molecule has 0 aliphatic carbocycles. The Kier molecular flexibility index (Phi) is 4.61. The molecule has 1 atom stereocenters. The third-order valence-corrected chi connectivity index (χ3v) is 3.55. The minimum absolute atomic E-state index is 0.0506. The third-order valence-electron chi connectivity index (χ3n) is 2.13. The fourth-order valence-electron chi connectivity index (χ4n) is 1.28. The number of rotatable bonds is 4. The highest BCUT2D eigenvalue weighted by molar-refractivity contribution is 9.09. The van der Waals surface area contributed by atoms with Gasteiger partial charge in [-0.2, -0.15) is 0 Å². The summed E-state index contributed by atoms with van der Waals surface area (Å²) in [6.07, 6.45) is 0. The second-order valence-corrected chi connectivity index (χ2v) is 4.35. The lowest BCUT2D eigenvalue weighted by molar-refractivity contribution is -0.116. The van der Waals surface area contributed by atoms with Crippen LogP contribution in [-0.4, -0.2) is 12.9 Å². The zero-order chi connectivity index (χ0) is 11.4. The van der Waals surface area contributed by atoms with Gasteiger partial charge in [-0.25, -0.2) is 0 Å². The van der Waals surface area contributed by atoms with E-state index >= 15 is 0 Å². The van der Waals surface area contributed by atoms with Gasteiger partial charge in [0.05, 0.1) is 11.9 Å². The van der Waals surface area contributed by atoms with Crippen molar-refractivity contribution in [3.8, 4) is 5.75 Å². The van der Waals surface area contributed by atoms with Crippen molar-refractivity contribution in [2.75, 3.05) is 7.11 Å². The van der Waals surface area contributed by atoms with E-state index in [4.69, 9.17) is 16.3 Å². The van der Waals surface area contributed by atoms with Crippen molar-refractivity contribution in [2.45, 2.75) is 17.6 Å². The molecule has 0 saturated carbocycles. The Morgan fingerprint density at radius 3 is 2.73 bits per heavy atom. The highest BCUT2D eigenvalue weighted by Gasteiger charge is 2.16. The van der Waals surface area contributed by atoms with E-state index in [2.05, 4.69) is 15.9 Å². The van der Waals surface area contributed by atoms with Gasteiger partial charge in [0.15, 0.2) is 0 Å². The Morgan fingerprint density at radius 2 is 2.27 bits per heavy atom. The van der Waals surface area contributed by atoms with E-state index in [0.717, 1.165) is 16.9 Å². The summed E-state index contributed by atoms with van der Waals surface area (Å²) in [5, 5.41) is 0. The third kappa shape index (κ3) is 2.95. The van der Waals surface area contributed by atoms with E-state index in [-0.39, 0.29) is 10.6 Å². The number of halogens is 2. The molecule has 1 aromatic carbocycles. The molecule has 4 heteroatoms. The Labute approximate surface area is 103 Å². The molecular formula is C11H12BrClO2. The number of Topliss-reactive ketones (excluding diaryl/α,β-unsaturated/α-hetero) is 1. The van der Waals surface area contributed by atoms with Crippen molar-refractivity contribution in [3.05, 3.63) is 29.3 Å². The number of carbonyl (C=O) groups is 1. The van der Waals surface area contributed by atoms with Crippen molar-refractivity contribution >= 4 is 33.3 Å². The number of hydrogen-bond acceptors (Lipinski definition) is 2. The van der Waals surface area contributed by atoms with Crippen LogP contribution in [0.4, 0.5) is 0 Å². The number of alkyl halides is 2. The van der Waals surface area contributed by atoms with Gasteiger partial charge in [0.25, 0.3) is 0 Å². The van der Waals surface area contributed by atoms with E-state index in [9.17, 15) is 4.79 Å². The molecule has 0 heterocycles. The number of methoxy groups -OCH3 is 1. The molecule has 1 unspecified atom stereocenters. The lowest BCUT2D eigenvalue weighted by Crippen LogP contribution is -2.04. The Balaban J connectivity index is 3.16. The van der Waals surface area contributed by atoms with E-state index in [1.807, 2.05) is 18.2 Å². The highest BCUT2D eigenvalue weighted by Crippen LogP contribution is 2.30. The second kappa shape index (κ2) is 5.52. The Bertz CT molecular complexity index is 366. The predicted molar refractivity (Wildman–Crippen MR) is 64.9 cm³/mol. The standard InChI is InChI=1S/C11H12BrClO2/c1-7(14)11(12)10-5-9(15-2)4-3-8(10)6-13/h3-5,11H,6H2,1-2H3. The van der Waals surface area contributed by atoms with Crippen molar-refractivity contribution in [2.24, 2.45) is 0 Å². The molecule has 82 valence electrons. The van der Waals surface area contributed by atoms with Crippen LogP contribution < -0.4 is 4.74 Å². The summed E-state index contributed by atoms with van der Waals surface area (Å²) in [5.41, 5.74) is 1.81. The van der Waals surface area contributed by atoms with Crippen LogP contribution in [0, 0.1) is 0 Å². The van der Waals surface area contributed by atoms with Gasteiger partial charge in [0, 0.05) is 5.88 Å². The van der Waals surface area contributed by atoms with Crippen molar-refractivity contribution < 1.29 is 9.53 Å². The fraction of sp³-hybridized carbons (Fsp3) is 0.364. The van der Waals surface area contributed by atoms with Crippen LogP contribution in [0.2, 0.25) is 0 Å². The first-order valence-electron chi connectivity index (χ1n) is 4.47. The van der Waals surface area contributed by atoms with Crippen molar-refractivity contribution in [1.82, 2.24) is 0 Å². The first-order chi connectivity index (χ1) is 7.10. The molecule has 0 aliphatic heterocycles. The highest BCUT2D eigenvalue weighted by atomic mass is 79.9. The summed E-state index contributed by atoms with van der Waals surface area (Å²) in [7, 11) is 1.59. The van der Waals surface area contributed by atoms with Gasteiger partial charge in [-0.05, 0) is 30.2 Å². The number of ketones is 1. The summed E-state index contributed by atoms with van der Waals surface area (Å²) in [6, 6.07) is 5.54. The van der Waals surface area contributed by atoms with Crippen molar-refractivity contribution in [1.29, 1.82) is 0 Å². The molecule has 0 aliphatic rings. The average molecular weight is 292 g/mol. The van der Waals surface area contributed by atoms with Crippen LogP contribution >= 0.6 is 27.5 Å². The number of carbonyl (C=O) groups excluding carboxylic acids is 1. The zero-order valence-corrected chi connectivity index (χ0v) is 10.9. The van der Waals surface area contributed by atoms with Crippen LogP contribution in [0.5, 0.6) is 5.75 Å². The first kappa shape index (κ1) is 12.5. The van der Waals surface area contributed by atoms with Crippen molar-refractivity contribution in [3.63, 3.8) is 0 Å². The fourth-order valence-corrected chi connectivity index (χ4v) is 1.95. The maximum atomic E-state index is 11.3. The topological polar surface area (TPSA) is 26.3 Å². The number of hydrogen-bond donors (Lipinski definition) is 0. The van der Waals surface area contributed by atoms with Crippen LogP contribution in [0.25, 0.3) is 0 Å². The summed E-state index contributed by atoms with van der Waals surface area (Å²) in [5.74, 6) is 1.16. The molecular weight excluding hydrogens is 279 g/mol. The number of ether oxygens (including phenoxy) is 1. The van der Waals surface area contributed by atoms with Gasteiger partial charge < -0.3 is 4.74 Å². The minimum Gasteiger partial charge on any atom is -0.497 e. The molecule has 0 aromatic heterocycles. The van der Waals surface area contributed by atoms with Crippen LogP contribution in [0.15, 0.2) is 18.2 Å². The van der Waals surface area contributed by atoms with Gasteiger partial charge >= 0.3 is 0 Å². The normalized spacial score (nSPS) is 12.3. The van der Waals surface area contributed by atoms with Gasteiger partial charge in [-0.1, -0.05) is 22.0 Å². The van der Waals surface area contributed by atoms with Gasteiger partial charge in [-0.15, -0.1) is 11.6 Å². The molecule has 0 radical (unpaired) electrons. The SMILES string of the molecule is COc1ccc(CCl)c(C(Br)C(C)=O)c1. The molecule has 15 heavy (non-hydrogen) atoms. The van der Waals surface area contributed by atoms with Gasteiger partial charge in [0.2, 0.25) is 0 Å². The summed E-state index contributed by atoms with van der Waals surface area (Å²) in [4.78, 5) is 11.0. The molecule has 0 saturated heterocycles. The maximum Gasteiger partial charge on any atom is 0.147 e. The van der Waals surface area contributed by atoms with E-state index < -0.39 is 0 Å². The first-order valence-corrected chi connectivity index (χ1v) is 5.92. The maximum absolute atomic E-state index is 11.3. The summed E-state index contributed by atoms with van der Waals surface area (Å²) < 4.78 is 5.11. The number of benzene rings is 1. The van der Waals surface area contributed by atoms with Gasteiger partial charge in [-0.3, -0.25) is 4.79 Å². The molecule has 0 fully saturated rings. The summed E-state index contributed by atoms with van der Waals surface area (Å²) in [6.45, 7) is 1.54. The lowest BCUT2D eigenvalue weighted by atomic mass is 10.0. The molecule has 0 bridgehead atoms. The zero-order valence-electron chi connectivity index (χ0n) is 8.59. The molecule has 0 N–H and O–H groups in total. The van der Waals surface area contributed by atoms with Crippen LogP contribution in [0.1, 0.15) is 22.9 Å². The Morgan fingerprint density at radius 1 is 1.60 bits per heavy atom. The predicted octanol–water partition coefficient (Wildman–Crippen LogP) is 3.46. The van der Waals surface area contributed by atoms with Gasteiger partial charge in [0.1, 0.15) is 11.5 Å². The average Bonchev–Trinajstić information content (AvgIpc) is 2.27. The van der Waals surface area contributed by atoms with E-state index in [0.29, 0.717) is 5.88 Å². The molecule has 2 nitrogen and oxygen atoms in total. The monoisotopic (exact) mass is 290 g/mol. The second-order valence-electron chi connectivity index (χ2n) is 3.17. The smallest absolute Gasteiger partial charge is 0.147 e. The molecule has 0 spiro atoms. The van der Waals surface area contributed by atoms with E-state index in [1.54, 1.807) is 7.11 Å². The lowest BCUT2D eigenvalue weighted by Gasteiger charge is -2.12. The van der Waals surface area contributed by atoms with Crippen LogP contribution in [0.3, 0.4) is 0 Å².